The first-order chi connectivity index (χ1) is 11.3. The normalized spacial score (nSPS) is 16.2. The van der Waals surface area contributed by atoms with Gasteiger partial charge < -0.3 is 11.5 Å². The van der Waals surface area contributed by atoms with Crippen LogP contribution in [0.2, 0.25) is 0 Å². The Morgan fingerprint density at radius 1 is 1.12 bits per heavy atom. The van der Waals surface area contributed by atoms with Crippen LogP contribution in [0, 0.1) is 0 Å². The second-order valence-corrected chi connectivity index (χ2v) is 7.78. The highest BCUT2D eigenvalue weighted by molar-refractivity contribution is 9.10. The lowest BCUT2D eigenvalue weighted by atomic mass is 9.77. The fourth-order valence-corrected chi connectivity index (χ4v) is 3.48. The minimum atomic E-state index is -0.490. The van der Waals surface area contributed by atoms with Crippen LogP contribution in [0.5, 0.6) is 0 Å². The van der Waals surface area contributed by atoms with Gasteiger partial charge in [0.15, 0.2) is 0 Å². The van der Waals surface area contributed by atoms with Crippen molar-refractivity contribution in [3.63, 3.8) is 0 Å². The van der Waals surface area contributed by atoms with E-state index in [0.717, 1.165) is 22.0 Å². The predicted octanol–water partition coefficient (Wildman–Crippen LogP) is 5.09. The van der Waals surface area contributed by atoms with Gasteiger partial charge in [-0.2, -0.15) is 0 Å². The van der Waals surface area contributed by atoms with Crippen LogP contribution in [0.15, 0.2) is 71.2 Å². The Bertz CT molecular complexity index is 666. The second-order valence-electron chi connectivity index (χ2n) is 6.86. The minimum absolute atomic E-state index is 0.0317. The second kappa shape index (κ2) is 8.11. The first-order valence-electron chi connectivity index (χ1n) is 8.31. The summed E-state index contributed by atoms with van der Waals surface area (Å²) in [4.78, 5) is 0. The number of hydrogen-bond acceptors (Lipinski definition) is 2. The monoisotopic (exact) mass is 386 g/mol. The molecule has 0 heterocycles. The Balaban J connectivity index is 2.22. The van der Waals surface area contributed by atoms with Crippen LogP contribution in [-0.2, 0) is 5.54 Å². The van der Waals surface area contributed by atoms with E-state index in [2.05, 4.69) is 65.8 Å². The molecule has 2 aromatic carbocycles. The molecule has 0 fully saturated rings. The third-order valence-electron chi connectivity index (χ3n) is 4.60. The summed E-state index contributed by atoms with van der Waals surface area (Å²) in [7, 11) is 0. The maximum Gasteiger partial charge on any atom is 0.0462 e. The lowest BCUT2D eigenvalue weighted by Gasteiger charge is -2.35. The van der Waals surface area contributed by atoms with Crippen LogP contribution in [-0.4, -0.2) is 6.04 Å². The van der Waals surface area contributed by atoms with E-state index >= 15 is 0 Å². The molecule has 0 saturated heterocycles. The molecule has 0 radical (unpaired) electrons. The largest absolute Gasteiger partial charge is 0.327 e. The summed E-state index contributed by atoms with van der Waals surface area (Å²) in [5.74, 6) is 0.231. The molecule has 0 saturated carbocycles. The molecule has 0 aliphatic rings. The average Bonchev–Trinajstić information content (AvgIpc) is 2.55. The maximum atomic E-state index is 6.81. The first kappa shape index (κ1) is 18.9. The number of rotatable bonds is 7. The molecule has 24 heavy (non-hydrogen) atoms. The van der Waals surface area contributed by atoms with Gasteiger partial charge in [0.1, 0.15) is 0 Å². The molecule has 0 aromatic heterocycles. The van der Waals surface area contributed by atoms with Gasteiger partial charge in [-0.1, -0.05) is 70.9 Å². The fraction of sp³-hybridized carbons (Fsp3) is 0.333. The number of hydrogen-bond donors (Lipinski definition) is 2. The predicted molar refractivity (Wildman–Crippen MR) is 107 cm³/mol. The first-order valence-corrected chi connectivity index (χ1v) is 9.11. The summed E-state index contributed by atoms with van der Waals surface area (Å²) in [5.41, 5.74) is 16.3. The zero-order valence-corrected chi connectivity index (χ0v) is 16.1. The van der Waals surface area contributed by atoms with Crippen LogP contribution in [0.3, 0.4) is 0 Å². The highest BCUT2D eigenvalue weighted by Gasteiger charge is 2.31. The Morgan fingerprint density at radius 3 is 2.25 bits per heavy atom. The molecular formula is C21H27BrN2. The van der Waals surface area contributed by atoms with Crippen molar-refractivity contribution < 1.29 is 0 Å². The summed E-state index contributed by atoms with van der Waals surface area (Å²) in [6.45, 7) is 8.25. The molecule has 3 unspecified atom stereocenters. The zero-order chi connectivity index (χ0) is 17.7. The standard InChI is InChI=1S/C21H27BrN2/c1-15(2)13-21(24,18-7-5-4-6-8-18)14-20(23)16(3)17-9-11-19(22)12-10-17/h4-12,16,20H,1,13-14,23-24H2,2-3H3. The summed E-state index contributed by atoms with van der Waals surface area (Å²) >= 11 is 3.48. The number of halogens is 1. The van der Waals surface area contributed by atoms with Gasteiger partial charge in [0, 0.05) is 16.1 Å². The van der Waals surface area contributed by atoms with Crippen molar-refractivity contribution in [3.05, 3.63) is 82.3 Å². The molecule has 0 aliphatic carbocycles. The van der Waals surface area contributed by atoms with Crippen molar-refractivity contribution in [3.8, 4) is 0 Å². The number of nitrogens with two attached hydrogens (primary N) is 2. The van der Waals surface area contributed by atoms with Crippen molar-refractivity contribution in [2.45, 2.75) is 44.2 Å². The Kier molecular flexibility index (Phi) is 6.39. The third-order valence-corrected chi connectivity index (χ3v) is 5.13. The lowest BCUT2D eigenvalue weighted by Crippen LogP contribution is -2.44. The quantitative estimate of drug-likeness (QED) is 0.650. The summed E-state index contributed by atoms with van der Waals surface area (Å²) in [6.07, 6.45) is 1.44. The minimum Gasteiger partial charge on any atom is -0.327 e. The molecular weight excluding hydrogens is 360 g/mol. The smallest absolute Gasteiger partial charge is 0.0462 e. The number of benzene rings is 2. The molecule has 3 heteroatoms. The van der Waals surface area contributed by atoms with Gasteiger partial charge in [-0.3, -0.25) is 0 Å². The van der Waals surface area contributed by atoms with Crippen molar-refractivity contribution >= 4 is 15.9 Å². The molecule has 2 rings (SSSR count). The van der Waals surface area contributed by atoms with Crippen molar-refractivity contribution in [1.82, 2.24) is 0 Å². The zero-order valence-electron chi connectivity index (χ0n) is 14.5. The SMILES string of the molecule is C=C(C)CC(N)(CC(N)C(C)c1ccc(Br)cc1)c1ccccc1. The topological polar surface area (TPSA) is 52.0 Å². The third kappa shape index (κ3) is 4.79. The van der Waals surface area contributed by atoms with E-state index in [9.17, 15) is 0 Å². The molecule has 4 N–H and O–H groups in total. The van der Waals surface area contributed by atoms with Crippen molar-refractivity contribution in [1.29, 1.82) is 0 Å². The van der Waals surface area contributed by atoms with Gasteiger partial charge in [0.25, 0.3) is 0 Å². The summed E-state index contributed by atoms with van der Waals surface area (Å²) in [5, 5.41) is 0. The van der Waals surface area contributed by atoms with Gasteiger partial charge in [-0.15, -0.1) is 6.58 Å². The molecule has 128 valence electrons. The van der Waals surface area contributed by atoms with Gasteiger partial charge in [-0.05, 0) is 48.9 Å². The average molecular weight is 387 g/mol. The molecule has 0 aliphatic heterocycles. The van der Waals surface area contributed by atoms with Crippen LogP contribution >= 0.6 is 15.9 Å². The van der Waals surface area contributed by atoms with E-state index in [4.69, 9.17) is 11.5 Å². The van der Waals surface area contributed by atoms with Gasteiger partial charge in [-0.25, -0.2) is 0 Å². The van der Waals surface area contributed by atoms with Crippen LogP contribution in [0.25, 0.3) is 0 Å². The van der Waals surface area contributed by atoms with E-state index in [1.54, 1.807) is 0 Å². The Morgan fingerprint density at radius 2 is 1.71 bits per heavy atom. The molecule has 0 amide bonds. The van der Waals surface area contributed by atoms with Gasteiger partial charge in [0.2, 0.25) is 0 Å². The maximum absolute atomic E-state index is 6.81. The summed E-state index contributed by atoms with van der Waals surface area (Å²) < 4.78 is 1.08. The molecule has 0 bridgehead atoms. The highest BCUT2D eigenvalue weighted by atomic mass is 79.9. The van der Waals surface area contributed by atoms with Crippen LogP contribution < -0.4 is 11.5 Å². The van der Waals surface area contributed by atoms with Crippen LogP contribution in [0.1, 0.15) is 43.7 Å². The van der Waals surface area contributed by atoms with Gasteiger partial charge >= 0.3 is 0 Å². The van der Waals surface area contributed by atoms with Crippen molar-refractivity contribution in [2.75, 3.05) is 0 Å². The molecule has 3 atom stereocenters. The van der Waals surface area contributed by atoms with Gasteiger partial charge in [0.05, 0.1) is 0 Å². The van der Waals surface area contributed by atoms with Crippen LogP contribution in [0.4, 0.5) is 0 Å². The van der Waals surface area contributed by atoms with E-state index in [1.807, 2.05) is 25.1 Å². The van der Waals surface area contributed by atoms with E-state index in [1.165, 1.54) is 5.56 Å². The van der Waals surface area contributed by atoms with E-state index < -0.39 is 5.54 Å². The fourth-order valence-electron chi connectivity index (χ4n) is 3.21. The summed E-state index contributed by atoms with van der Waals surface area (Å²) in [6, 6.07) is 18.5. The van der Waals surface area contributed by atoms with E-state index in [-0.39, 0.29) is 12.0 Å². The highest BCUT2D eigenvalue weighted by Crippen LogP contribution is 2.33. The molecule has 2 nitrogen and oxygen atoms in total. The lowest BCUT2D eigenvalue weighted by molar-refractivity contribution is 0.345. The van der Waals surface area contributed by atoms with Crippen molar-refractivity contribution in [2.24, 2.45) is 11.5 Å². The van der Waals surface area contributed by atoms with E-state index in [0.29, 0.717) is 6.42 Å². The Labute approximate surface area is 154 Å². The molecule has 2 aromatic rings. The Hall–Kier alpha value is -1.42. The molecule has 0 spiro atoms.